The molecule has 0 amide bonds. The van der Waals surface area contributed by atoms with Crippen molar-refractivity contribution >= 4 is 122 Å². The number of anilines is 5. The molecule has 1 N–H and O–H groups in total. The molecule has 0 saturated heterocycles. The van der Waals surface area contributed by atoms with Crippen LogP contribution in [0.5, 0.6) is 0 Å². The molecular weight excluding hydrogens is 834 g/mol. The van der Waals surface area contributed by atoms with Gasteiger partial charge in [0.25, 0.3) is 0 Å². The molecule has 0 fully saturated rings. The quantitative estimate of drug-likeness (QED) is 0.162. The van der Waals surface area contributed by atoms with E-state index in [-0.39, 0.29) is 0 Å². The smallest absolute Gasteiger partial charge is 0.198 e. The first-order valence-electron chi connectivity index (χ1n) is 22.8. The maximum absolute atomic E-state index is 6.56. The van der Waals surface area contributed by atoms with Gasteiger partial charge in [-0.15, -0.1) is 11.3 Å². The van der Waals surface area contributed by atoms with E-state index in [1.54, 1.807) is 0 Å². The van der Waals surface area contributed by atoms with E-state index in [1.807, 2.05) is 17.4 Å². The second kappa shape index (κ2) is 14.9. The van der Waals surface area contributed by atoms with Crippen LogP contribution in [0.15, 0.2) is 217 Å². The summed E-state index contributed by atoms with van der Waals surface area (Å²) in [6.07, 6.45) is 0. The van der Waals surface area contributed by atoms with Gasteiger partial charge in [0, 0.05) is 86.9 Å². The van der Waals surface area contributed by atoms with Crippen molar-refractivity contribution in [2.24, 2.45) is 0 Å². The molecule has 0 unspecified atom stereocenters. The van der Waals surface area contributed by atoms with Crippen molar-refractivity contribution in [3.8, 4) is 27.9 Å². The highest BCUT2D eigenvalue weighted by Gasteiger charge is 2.30. The zero-order valence-electron chi connectivity index (χ0n) is 36.5. The molecule has 10 aromatic carbocycles. The van der Waals surface area contributed by atoms with Crippen LogP contribution >= 0.6 is 11.3 Å². The van der Waals surface area contributed by atoms with E-state index in [1.165, 1.54) is 64.1 Å². The lowest BCUT2D eigenvalue weighted by Gasteiger charge is -2.28. The van der Waals surface area contributed by atoms with Gasteiger partial charge in [-0.05, 0) is 120 Å². The minimum absolute atomic E-state index is 0.884. The maximum Gasteiger partial charge on any atom is 0.198 e. The summed E-state index contributed by atoms with van der Waals surface area (Å²) in [4.78, 5) is 2.34. The van der Waals surface area contributed by atoms with Crippen LogP contribution in [0.1, 0.15) is 5.56 Å². The maximum atomic E-state index is 6.56. The number of aromatic nitrogens is 1. The number of para-hydroxylation sites is 4. The fourth-order valence-electron chi connectivity index (χ4n) is 10.6. The van der Waals surface area contributed by atoms with E-state index in [9.17, 15) is 0 Å². The number of fused-ring (bicyclic) bond motifs is 11. The summed E-state index contributed by atoms with van der Waals surface area (Å²) < 4.78 is 11.7. The third-order valence-corrected chi connectivity index (χ3v) is 14.8. The summed E-state index contributed by atoms with van der Waals surface area (Å²) in [6, 6.07) is 77.1. The third-order valence-electron chi connectivity index (χ3n) is 13.6. The molecule has 0 bridgehead atoms. The molecule has 67 heavy (non-hydrogen) atoms. The van der Waals surface area contributed by atoms with Crippen molar-refractivity contribution in [1.82, 2.24) is 4.57 Å². The van der Waals surface area contributed by atoms with Crippen LogP contribution in [-0.4, -0.2) is 11.8 Å². The fraction of sp³-hybridized carbons (Fsp3) is 0.0164. The zero-order valence-corrected chi connectivity index (χ0v) is 37.3. The zero-order chi connectivity index (χ0) is 44.2. The van der Waals surface area contributed by atoms with Crippen molar-refractivity contribution in [1.29, 1.82) is 0 Å². The fourth-order valence-corrected chi connectivity index (χ4v) is 11.7. The summed E-state index contributed by atoms with van der Waals surface area (Å²) in [5, 5.41) is 11.3. The van der Waals surface area contributed by atoms with Crippen LogP contribution in [0.2, 0.25) is 0 Å². The molecule has 0 saturated carbocycles. The Morgan fingerprint density at radius 2 is 1.21 bits per heavy atom. The van der Waals surface area contributed by atoms with Crippen molar-refractivity contribution in [2.75, 3.05) is 10.2 Å². The molecule has 1 radical (unpaired) electrons. The van der Waals surface area contributed by atoms with Crippen LogP contribution < -0.4 is 21.1 Å². The standard InChI is InChI=1S/C61H39BN3OS/c1-37-24-27-39(28-25-37)63-52-33-42(64(40-14-4-2-5-15-40)41-16-6-3-7-17-41)29-31-43(52)50-34-48(38-26-30-46-45-19-10-13-23-57(45)67-58(46)32-38)59-47-20-8-11-21-53(47)65-54-35-49-44-18-9-12-22-55(44)66-56(49)36-51(54)62-60(50)61(59)65/h2-36,63H,1H3. The largest absolute Gasteiger partial charge is 0.456 e. The lowest BCUT2D eigenvalue weighted by molar-refractivity contribution is 0.669. The van der Waals surface area contributed by atoms with Gasteiger partial charge in [-0.2, -0.15) is 0 Å². The second-order valence-corrected chi connectivity index (χ2v) is 18.7. The first-order valence-corrected chi connectivity index (χ1v) is 23.6. The summed E-state index contributed by atoms with van der Waals surface area (Å²) in [5.74, 6) is 0. The Kier molecular flexibility index (Phi) is 8.43. The van der Waals surface area contributed by atoms with Gasteiger partial charge < -0.3 is 19.2 Å². The van der Waals surface area contributed by atoms with Crippen molar-refractivity contribution in [3.05, 3.63) is 218 Å². The summed E-state index contributed by atoms with van der Waals surface area (Å²) >= 11 is 1.87. The Hall–Kier alpha value is -8.32. The molecule has 0 aliphatic carbocycles. The number of benzene rings is 10. The molecule has 4 nitrogen and oxygen atoms in total. The Morgan fingerprint density at radius 1 is 0.507 bits per heavy atom. The molecule has 6 heteroatoms. The van der Waals surface area contributed by atoms with Gasteiger partial charge in [-0.25, -0.2) is 0 Å². The molecule has 0 atom stereocenters. The van der Waals surface area contributed by atoms with Crippen LogP contribution in [0.4, 0.5) is 28.4 Å². The summed E-state index contributed by atoms with van der Waals surface area (Å²) in [7, 11) is 2.40. The average molecular weight is 873 g/mol. The first kappa shape index (κ1) is 38.0. The predicted molar refractivity (Wildman–Crippen MR) is 286 cm³/mol. The number of hydrogen-bond acceptors (Lipinski definition) is 4. The number of furan rings is 1. The molecular formula is C61H39BN3OS. The highest BCUT2D eigenvalue weighted by molar-refractivity contribution is 7.25. The normalized spacial score (nSPS) is 12.1. The first-order chi connectivity index (χ1) is 33.1. The predicted octanol–water partition coefficient (Wildman–Crippen LogP) is 15.9. The molecule has 4 heterocycles. The summed E-state index contributed by atoms with van der Waals surface area (Å²) in [6.45, 7) is 2.14. The molecule has 1 aliphatic rings. The van der Waals surface area contributed by atoms with Gasteiger partial charge in [0.05, 0.1) is 5.52 Å². The van der Waals surface area contributed by atoms with Crippen LogP contribution in [0, 0.1) is 6.92 Å². The minimum Gasteiger partial charge on any atom is -0.456 e. The highest BCUT2D eigenvalue weighted by Crippen LogP contribution is 2.47. The Morgan fingerprint density at radius 3 is 2.01 bits per heavy atom. The number of nitrogens with zero attached hydrogens (tertiary/aromatic N) is 2. The van der Waals surface area contributed by atoms with Crippen molar-refractivity contribution in [2.45, 2.75) is 6.92 Å². The molecule has 3 aromatic heterocycles. The molecule has 0 spiro atoms. The Balaban J connectivity index is 1.08. The number of nitrogens with one attached hydrogen (secondary N) is 1. The average Bonchev–Trinajstić information content (AvgIpc) is 4.05. The molecule has 1 aliphatic heterocycles. The van der Waals surface area contributed by atoms with Gasteiger partial charge in [0.2, 0.25) is 0 Å². The van der Waals surface area contributed by atoms with Gasteiger partial charge in [-0.3, -0.25) is 0 Å². The number of thiophene rings is 1. The van der Waals surface area contributed by atoms with Crippen molar-refractivity contribution < 1.29 is 4.42 Å². The lowest BCUT2D eigenvalue weighted by atomic mass is 9.58. The van der Waals surface area contributed by atoms with Gasteiger partial charge >= 0.3 is 0 Å². The molecule has 14 rings (SSSR count). The lowest BCUT2D eigenvalue weighted by Crippen LogP contribution is -2.37. The van der Waals surface area contributed by atoms with Gasteiger partial charge in [0.1, 0.15) is 11.2 Å². The van der Waals surface area contributed by atoms with E-state index in [2.05, 4.69) is 235 Å². The van der Waals surface area contributed by atoms with E-state index >= 15 is 0 Å². The van der Waals surface area contributed by atoms with E-state index < -0.39 is 0 Å². The van der Waals surface area contributed by atoms with Crippen LogP contribution in [0.3, 0.4) is 0 Å². The topological polar surface area (TPSA) is 33.3 Å². The van der Waals surface area contributed by atoms with Crippen LogP contribution in [-0.2, 0) is 0 Å². The van der Waals surface area contributed by atoms with E-state index in [0.717, 1.165) is 72.7 Å². The third kappa shape index (κ3) is 6.00. The van der Waals surface area contributed by atoms with Gasteiger partial charge in [-0.1, -0.05) is 132 Å². The van der Waals surface area contributed by atoms with Gasteiger partial charge in [0.15, 0.2) is 7.28 Å². The number of hydrogen-bond donors (Lipinski definition) is 1. The summed E-state index contributed by atoms with van der Waals surface area (Å²) in [5.41, 5.74) is 18.7. The second-order valence-electron chi connectivity index (χ2n) is 17.6. The number of aryl methyl sites for hydroxylation is 1. The molecule has 13 aromatic rings. The number of rotatable bonds is 7. The Bertz CT molecular complexity index is 4070. The van der Waals surface area contributed by atoms with E-state index in [4.69, 9.17) is 4.42 Å². The monoisotopic (exact) mass is 872 g/mol. The SMILES string of the molecule is Cc1ccc(Nc2cc(N(c3ccccc3)c3ccccc3)ccc2-c2cc(-c3ccc4c(c3)sc3ccccc34)c3c4ccccc4n4c3c2[B]c2cc3oc5ccccc5c3cc2-4)cc1. The van der Waals surface area contributed by atoms with E-state index in [0.29, 0.717) is 0 Å². The highest BCUT2D eigenvalue weighted by atomic mass is 32.1. The minimum atomic E-state index is 0.884. The Labute approximate surface area is 391 Å². The van der Waals surface area contributed by atoms with Crippen molar-refractivity contribution in [3.63, 3.8) is 0 Å². The van der Waals surface area contributed by atoms with Crippen LogP contribution in [0.25, 0.3) is 91.9 Å². The molecule has 313 valence electrons.